The molecule has 5 nitrogen and oxygen atoms in total. The Hall–Kier alpha value is -0.940. The molecule has 0 spiro atoms. The highest BCUT2D eigenvalue weighted by atomic mass is 16.4. The molecular formula is C21H42NO4+. The van der Waals surface area contributed by atoms with E-state index < -0.39 is 18.0 Å². The Morgan fingerprint density at radius 2 is 1.23 bits per heavy atom. The van der Waals surface area contributed by atoms with Gasteiger partial charge in [-0.2, -0.15) is 0 Å². The lowest BCUT2D eigenvalue weighted by Crippen LogP contribution is -2.47. The van der Waals surface area contributed by atoms with Crippen LogP contribution in [0.25, 0.3) is 0 Å². The number of carbonyl (C=O) groups excluding carboxylic acids is 1. The van der Waals surface area contributed by atoms with Gasteiger partial charge in [0, 0.05) is 6.42 Å². The van der Waals surface area contributed by atoms with E-state index >= 15 is 0 Å². The number of hydrogen-bond donors (Lipinski definition) is 2. The normalized spacial score (nSPS) is 14.2. The van der Waals surface area contributed by atoms with Gasteiger partial charge in [-0.05, 0) is 6.42 Å². The highest BCUT2D eigenvalue weighted by molar-refractivity contribution is 5.98. The number of unbranched alkanes of at least 4 members (excludes halogenated alkanes) is 10. The van der Waals surface area contributed by atoms with E-state index in [9.17, 15) is 19.8 Å². The smallest absolute Gasteiger partial charge is 0.316 e. The van der Waals surface area contributed by atoms with Crippen molar-refractivity contribution >= 4 is 11.8 Å². The Morgan fingerprint density at radius 1 is 0.808 bits per heavy atom. The molecular weight excluding hydrogens is 330 g/mol. The molecule has 0 amide bonds. The fourth-order valence-electron chi connectivity index (χ4n) is 3.30. The third-order valence-corrected chi connectivity index (χ3v) is 4.76. The van der Waals surface area contributed by atoms with Crippen molar-refractivity contribution in [1.29, 1.82) is 0 Å². The van der Waals surface area contributed by atoms with Crippen LogP contribution in [0.4, 0.5) is 0 Å². The van der Waals surface area contributed by atoms with Gasteiger partial charge in [0.2, 0.25) is 0 Å². The quantitative estimate of drug-likeness (QED) is 0.230. The van der Waals surface area contributed by atoms with Gasteiger partial charge in [0.05, 0.1) is 21.1 Å². The van der Waals surface area contributed by atoms with Crippen LogP contribution in [-0.2, 0) is 9.59 Å². The summed E-state index contributed by atoms with van der Waals surface area (Å²) in [6, 6.07) is 0. The molecule has 5 heteroatoms. The van der Waals surface area contributed by atoms with Gasteiger partial charge in [0.15, 0.2) is 0 Å². The summed E-state index contributed by atoms with van der Waals surface area (Å²) >= 11 is 0. The number of rotatable bonds is 17. The molecule has 2 N–H and O–H groups in total. The number of aliphatic hydroxyl groups excluding tert-OH is 1. The Morgan fingerprint density at radius 3 is 1.62 bits per heavy atom. The van der Waals surface area contributed by atoms with Crippen molar-refractivity contribution < 1.29 is 24.3 Å². The van der Waals surface area contributed by atoms with Crippen molar-refractivity contribution in [3.63, 3.8) is 0 Å². The lowest BCUT2D eigenvalue weighted by molar-refractivity contribution is -0.873. The zero-order valence-corrected chi connectivity index (χ0v) is 17.5. The molecule has 0 aromatic carbocycles. The average molecular weight is 373 g/mol. The first kappa shape index (κ1) is 25.1. The number of Topliss-reactive ketones (excluding diaryl/α,β-unsaturated/α-hetero) is 1. The lowest BCUT2D eigenvalue weighted by Gasteiger charge is -2.28. The van der Waals surface area contributed by atoms with Crippen molar-refractivity contribution in [2.24, 2.45) is 5.92 Å². The summed E-state index contributed by atoms with van der Waals surface area (Å²) in [5.41, 5.74) is 0. The standard InChI is InChI=1S/C21H41NO4/c1-5-6-7-8-9-10-11-12-13-14-15-16-18(23)20(21(25)26)19(24)17-22(2,3)4/h19-20,24H,5-17H2,1-4H3/p+1. The Kier molecular flexibility index (Phi) is 13.6. The van der Waals surface area contributed by atoms with Gasteiger partial charge in [0.1, 0.15) is 24.3 Å². The van der Waals surface area contributed by atoms with Crippen molar-refractivity contribution in [3.8, 4) is 0 Å². The Bertz CT molecular complexity index is 390. The van der Waals surface area contributed by atoms with E-state index in [1.54, 1.807) is 0 Å². The molecule has 0 heterocycles. The predicted octanol–water partition coefficient (Wildman–Crippen LogP) is 4.02. The van der Waals surface area contributed by atoms with Crippen LogP contribution < -0.4 is 0 Å². The van der Waals surface area contributed by atoms with Gasteiger partial charge in [0.25, 0.3) is 0 Å². The highest BCUT2D eigenvalue weighted by Crippen LogP contribution is 2.16. The zero-order chi connectivity index (χ0) is 20.0. The number of likely N-dealkylation sites (N-methyl/N-ethyl adjacent to an activating group) is 1. The number of hydrogen-bond acceptors (Lipinski definition) is 3. The Labute approximate surface area is 160 Å². The first-order chi connectivity index (χ1) is 12.2. The van der Waals surface area contributed by atoms with Crippen LogP contribution in [0.2, 0.25) is 0 Å². The monoisotopic (exact) mass is 372 g/mol. The number of aliphatic hydroxyl groups is 1. The first-order valence-corrected chi connectivity index (χ1v) is 10.4. The Balaban J connectivity index is 3.89. The number of carbonyl (C=O) groups is 2. The average Bonchev–Trinajstić information content (AvgIpc) is 2.50. The molecule has 0 saturated heterocycles. The minimum absolute atomic E-state index is 0.251. The molecule has 0 aromatic heterocycles. The van der Waals surface area contributed by atoms with E-state index in [-0.39, 0.29) is 18.7 Å². The summed E-state index contributed by atoms with van der Waals surface area (Å²) in [5, 5.41) is 19.4. The summed E-state index contributed by atoms with van der Waals surface area (Å²) in [4.78, 5) is 23.6. The molecule has 0 bridgehead atoms. The highest BCUT2D eigenvalue weighted by Gasteiger charge is 2.36. The topological polar surface area (TPSA) is 74.6 Å². The molecule has 0 aliphatic rings. The van der Waals surface area contributed by atoms with Crippen LogP contribution in [0.5, 0.6) is 0 Å². The van der Waals surface area contributed by atoms with Crippen molar-refractivity contribution in [3.05, 3.63) is 0 Å². The number of nitrogens with zero attached hydrogens (tertiary/aromatic N) is 1. The van der Waals surface area contributed by atoms with Crippen LogP contribution in [0.3, 0.4) is 0 Å². The molecule has 0 aliphatic heterocycles. The van der Waals surface area contributed by atoms with Gasteiger partial charge in [-0.25, -0.2) is 0 Å². The molecule has 0 saturated carbocycles. The summed E-state index contributed by atoms with van der Waals surface area (Å²) in [7, 11) is 5.61. The van der Waals surface area contributed by atoms with Gasteiger partial charge in [-0.3, -0.25) is 9.59 Å². The van der Waals surface area contributed by atoms with Crippen LogP contribution in [0, 0.1) is 5.92 Å². The molecule has 2 atom stereocenters. The fourth-order valence-corrected chi connectivity index (χ4v) is 3.30. The first-order valence-electron chi connectivity index (χ1n) is 10.4. The van der Waals surface area contributed by atoms with Gasteiger partial charge in [-0.1, -0.05) is 71.1 Å². The molecule has 154 valence electrons. The van der Waals surface area contributed by atoms with E-state index in [1.165, 1.54) is 51.4 Å². The number of ketones is 1. The van der Waals surface area contributed by atoms with Crippen LogP contribution >= 0.6 is 0 Å². The SMILES string of the molecule is CCCCCCCCCCCCCC(=O)C(C(=O)O)C(O)C[N+](C)(C)C. The van der Waals surface area contributed by atoms with E-state index in [4.69, 9.17) is 0 Å². The number of carboxylic acid groups (broad SMARTS) is 1. The van der Waals surface area contributed by atoms with E-state index in [0.29, 0.717) is 4.48 Å². The van der Waals surface area contributed by atoms with Crippen LogP contribution in [0.1, 0.15) is 84.0 Å². The van der Waals surface area contributed by atoms with Gasteiger partial charge < -0.3 is 14.7 Å². The van der Waals surface area contributed by atoms with Gasteiger partial charge in [-0.15, -0.1) is 0 Å². The minimum atomic E-state index is -1.30. The minimum Gasteiger partial charge on any atom is -0.481 e. The zero-order valence-electron chi connectivity index (χ0n) is 17.5. The fraction of sp³-hybridized carbons (Fsp3) is 0.905. The van der Waals surface area contributed by atoms with Crippen LogP contribution in [0.15, 0.2) is 0 Å². The lowest BCUT2D eigenvalue weighted by atomic mass is 9.93. The second-order valence-corrected chi connectivity index (χ2v) is 8.61. The summed E-state index contributed by atoms with van der Waals surface area (Å²) in [6.07, 6.45) is 12.3. The van der Waals surface area contributed by atoms with E-state index in [0.717, 1.165) is 19.3 Å². The molecule has 26 heavy (non-hydrogen) atoms. The number of carboxylic acids is 1. The summed E-state index contributed by atoms with van der Waals surface area (Å²) < 4.78 is 0.427. The maximum absolute atomic E-state index is 12.2. The molecule has 0 rings (SSSR count). The predicted molar refractivity (Wildman–Crippen MR) is 106 cm³/mol. The third kappa shape index (κ3) is 13.3. The van der Waals surface area contributed by atoms with Crippen molar-refractivity contribution in [2.75, 3.05) is 27.7 Å². The second kappa shape index (κ2) is 14.2. The second-order valence-electron chi connectivity index (χ2n) is 8.61. The van der Waals surface area contributed by atoms with E-state index in [2.05, 4.69) is 6.92 Å². The molecule has 0 fully saturated rings. The largest absolute Gasteiger partial charge is 0.481 e. The maximum atomic E-state index is 12.2. The van der Waals surface area contributed by atoms with E-state index in [1.807, 2.05) is 21.1 Å². The van der Waals surface area contributed by atoms with Crippen molar-refractivity contribution in [2.45, 2.75) is 90.1 Å². The number of quaternary nitrogens is 1. The summed E-state index contributed by atoms with van der Waals surface area (Å²) in [5.74, 6) is -2.84. The molecule has 2 unspecified atom stereocenters. The maximum Gasteiger partial charge on any atom is 0.316 e. The van der Waals surface area contributed by atoms with Crippen LogP contribution in [-0.4, -0.2) is 60.2 Å². The molecule has 0 aliphatic carbocycles. The number of aliphatic carboxylic acids is 1. The third-order valence-electron chi connectivity index (χ3n) is 4.76. The molecule has 0 aromatic rings. The molecule has 0 radical (unpaired) electrons. The van der Waals surface area contributed by atoms with Gasteiger partial charge >= 0.3 is 5.97 Å². The summed E-state index contributed by atoms with van der Waals surface area (Å²) in [6.45, 7) is 2.48. The van der Waals surface area contributed by atoms with Crippen molar-refractivity contribution in [1.82, 2.24) is 0 Å².